The smallest absolute Gasteiger partial charge is 0.293 e. The van der Waals surface area contributed by atoms with Crippen molar-refractivity contribution in [3.05, 3.63) is 29.3 Å². The Kier molecular flexibility index (Phi) is 6.83. The first-order valence-corrected chi connectivity index (χ1v) is 11.0. The zero-order chi connectivity index (χ0) is 19.2. The third-order valence-corrected chi connectivity index (χ3v) is 6.68. The summed E-state index contributed by atoms with van der Waals surface area (Å²) in [5.74, 6) is 0.459. The molecule has 2 aliphatic rings. The van der Waals surface area contributed by atoms with E-state index in [2.05, 4.69) is 19.1 Å². The SMILES string of the molecule is CC1(CCCCCc2ccc(CCCCCC3(OC=O)CC3)c(O)c2)CC1. The molecule has 2 saturated carbocycles. The Hall–Kier alpha value is -1.51. The predicted octanol–water partition coefficient (Wildman–Crippen LogP) is 6.10. The molecule has 0 radical (unpaired) electrons. The van der Waals surface area contributed by atoms with E-state index >= 15 is 0 Å². The number of aromatic hydroxyl groups is 1. The molecule has 0 amide bonds. The molecule has 3 heteroatoms. The van der Waals surface area contributed by atoms with Crippen molar-refractivity contribution >= 4 is 6.47 Å². The number of carbonyl (C=O) groups is 1. The van der Waals surface area contributed by atoms with Gasteiger partial charge in [-0.15, -0.1) is 0 Å². The molecule has 1 aromatic rings. The van der Waals surface area contributed by atoms with E-state index < -0.39 is 0 Å². The van der Waals surface area contributed by atoms with Crippen LogP contribution in [0.3, 0.4) is 0 Å². The van der Waals surface area contributed by atoms with Gasteiger partial charge in [-0.1, -0.05) is 38.3 Å². The third-order valence-electron chi connectivity index (χ3n) is 6.68. The highest BCUT2D eigenvalue weighted by atomic mass is 16.5. The zero-order valence-corrected chi connectivity index (χ0v) is 17.0. The summed E-state index contributed by atoms with van der Waals surface area (Å²) in [6.07, 6.45) is 16.4. The van der Waals surface area contributed by atoms with Crippen LogP contribution in [0.2, 0.25) is 0 Å². The number of ether oxygens (including phenoxy) is 1. The van der Waals surface area contributed by atoms with Gasteiger partial charge in [0.05, 0.1) is 0 Å². The fraction of sp³-hybridized carbons (Fsp3) is 0.708. The molecule has 0 unspecified atom stereocenters. The fourth-order valence-corrected chi connectivity index (χ4v) is 4.11. The first-order chi connectivity index (χ1) is 13.0. The van der Waals surface area contributed by atoms with Gasteiger partial charge in [0, 0.05) is 0 Å². The van der Waals surface area contributed by atoms with Crippen LogP contribution in [0.1, 0.15) is 95.1 Å². The van der Waals surface area contributed by atoms with Crippen molar-refractivity contribution < 1.29 is 14.6 Å². The lowest BCUT2D eigenvalue weighted by atomic mass is 9.98. The molecule has 0 heterocycles. The predicted molar refractivity (Wildman–Crippen MR) is 109 cm³/mol. The average Bonchev–Trinajstić information content (AvgIpc) is 3.56. The molecule has 3 nitrogen and oxygen atoms in total. The second-order valence-corrected chi connectivity index (χ2v) is 9.29. The number of phenols is 1. The van der Waals surface area contributed by atoms with E-state index in [1.54, 1.807) is 0 Å². The minimum atomic E-state index is -0.123. The minimum Gasteiger partial charge on any atom is -0.508 e. The number of aryl methyl sites for hydroxylation is 2. The van der Waals surface area contributed by atoms with Gasteiger partial charge in [0.1, 0.15) is 11.4 Å². The maximum absolute atomic E-state index is 10.5. The van der Waals surface area contributed by atoms with Crippen LogP contribution in [0.4, 0.5) is 0 Å². The molecular weight excluding hydrogens is 336 g/mol. The molecule has 1 N–H and O–H groups in total. The number of benzene rings is 1. The van der Waals surface area contributed by atoms with Gasteiger partial charge in [-0.3, -0.25) is 4.79 Å². The van der Waals surface area contributed by atoms with Gasteiger partial charge in [-0.25, -0.2) is 0 Å². The Balaban J connectivity index is 1.29. The molecule has 2 fully saturated rings. The van der Waals surface area contributed by atoms with Crippen LogP contribution >= 0.6 is 0 Å². The summed E-state index contributed by atoms with van der Waals surface area (Å²) < 4.78 is 5.18. The fourth-order valence-electron chi connectivity index (χ4n) is 4.11. The van der Waals surface area contributed by atoms with E-state index in [-0.39, 0.29) is 5.60 Å². The van der Waals surface area contributed by atoms with Crippen molar-refractivity contribution in [2.24, 2.45) is 5.41 Å². The third kappa shape index (κ3) is 6.55. The molecular formula is C24H36O3. The van der Waals surface area contributed by atoms with Crippen LogP contribution in [0.25, 0.3) is 0 Å². The number of hydrogen-bond donors (Lipinski definition) is 1. The van der Waals surface area contributed by atoms with E-state index in [1.165, 1.54) is 44.1 Å². The van der Waals surface area contributed by atoms with E-state index in [0.29, 0.717) is 17.6 Å². The Morgan fingerprint density at radius 2 is 1.67 bits per heavy atom. The molecule has 27 heavy (non-hydrogen) atoms. The quantitative estimate of drug-likeness (QED) is 0.317. The number of rotatable bonds is 14. The van der Waals surface area contributed by atoms with Crippen molar-refractivity contribution in [2.45, 2.75) is 102 Å². The molecule has 0 saturated heterocycles. The second-order valence-electron chi connectivity index (χ2n) is 9.29. The molecule has 150 valence electrons. The summed E-state index contributed by atoms with van der Waals surface area (Å²) in [5.41, 5.74) is 2.88. The highest BCUT2D eigenvalue weighted by Gasteiger charge is 2.44. The summed E-state index contributed by atoms with van der Waals surface area (Å²) in [7, 11) is 0. The average molecular weight is 373 g/mol. The van der Waals surface area contributed by atoms with Crippen LogP contribution in [0, 0.1) is 5.41 Å². The zero-order valence-electron chi connectivity index (χ0n) is 17.0. The van der Waals surface area contributed by atoms with E-state index in [0.717, 1.165) is 56.9 Å². The van der Waals surface area contributed by atoms with Gasteiger partial charge < -0.3 is 9.84 Å². The number of hydrogen-bond acceptors (Lipinski definition) is 3. The van der Waals surface area contributed by atoms with Gasteiger partial charge in [-0.2, -0.15) is 0 Å². The number of unbranched alkanes of at least 4 members (excludes halogenated alkanes) is 4. The maximum Gasteiger partial charge on any atom is 0.293 e. The summed E-state index contributed by atoms with van der Waals surface area (Å²) in [4.78, 5) is 10.5. The van der Waals surface area contributed by atoms with Crippen molar-refractivity contribution in [1.29, 1.82) is 0 Å². The molecule has 0 bridgehead atoms. The molecule has 0 atom stereocenters. The van der Waals surface area contributed by atoms with Crippen LogP contribution < -0.4 is 0 Å². The van der Waals surface area contributed by atoms with E-state index in [9.17, 15) is 9.90 Å². The van der Waals surface area contributed by atoms with Crippen molar-refractivity contribution in [2.75, 3.05) is 0 Å². The number of carbonyl (C=O) groups excluding carboxylic acids is 1. The lowest BCUT2D eigenvalue weighted by Gasteiger charge is -2.12. The van der Waals surface area contributed by atoms with Crippen LogP contribution in [-0.4, -0.2) is 17.2 Å². The number of phenolic OH excluding ortho intramolecular Hbond substituents is 1. The summed E-state index contributed by atoms with van der Waals surface area (Å²) in [6.45, 7) is 3.01. The summed E-state index contributed by atoms with van der Waals surface area (Å²) >= 11 is 0. The highest BCUT2D eigenvalue weighted by Crippen LogP contribution is 2.49. The molecule has 2 aliphatic carbocycles. The summed E-state index contributed by atoms with van der Waals surface area (Å²) in [5, 5.41) is 10.3. The van der Waals surface area contributed by atoms with Gasteiger partial charge in [-0.05, 0) is 93.2 Å². The standard InChI is InChI=1S/C24H36O3/c1-23(14-15-23)12-6-2-4-8-20-10-11-21(22(26)18-20)9-5-3-7-13-24(16-17-24)27-19-25/h10-11,18-19,26H,2-9,12-17H2,1H3. The van der Waals surface area contributed by atoms with Gasteiger partial charge in [0.25, 0.3) is 6.47 Å². The molecule has 0 aliphatic heterocycles. The molecule has 1 aromatic carbocycles. The van der Waals surface area contributed by atoms with E-state index in [4.69, 9.17) is 4.74 Å². The van der Waals surface area contributed by atoms with Gasteiger partial charge >= 0.3 is 0 Å². The maximum atomic E-state index is 10.5. The van der Waals surface area contributed by atoms with Gasteiger partial charge in [0.2, 0.25) is 0 Å². The lowest BCUT2D eigenvalue weighted by molar-refractivity contribution is -0.135. The Labute approximate surface area is 164 Å². The van der Waals surface area contributed by atoms with Crippen molar-refractivity contribution in [3.8, 4) is 5.75 Å². The Bertz CT molecular complexity index is 614. The van der Waals surface area contributed by atoms with Crippen molar-refractivity contribution in [1.82, 2.24) is 0 Å². The largest absolute Gasteiger partial charge is 0.508 e. The lowest BCUT2D eigenvalue weighted by Crippen LogP contribution is -2.12. The summed E-state index contributed by atoms with van der Waals surface area (Å²) in [6, 6.07) is 6.26. The second kappa shape index (κ2) is 9.12. The van der Waals surface area contributed by atoms with Crippen molar-refractivity contribution in [3.63, 3.8) is 0 Å². The van der Waals surface area contributed by atoms with Crippen LogP contribution in [0.5, 0.6) is 5.75 Å². The highest BCUT2D eigenvalue weighted by molar-refractivity contribution is 5.39. The normalized spacial score (nSPS) is 18.9. The minimum absolute atomic E-state index is 0.123. The van der Waals surface area contributed by atoms with Crippen LogP contribution in [0.15, 0.2) is 18.2 Å². The Morgan fingerprint density at radius 1 is 0.963 bits per heavy atom. The monoisotopic (exact) mass is 372 g/mol. The van der Waals surface area contributed by atoms with Gasteiger partial charge in [0.15, 0.2) is 0 Å². The first-order valence-electron chi connectivity index (χ1n) is 11.0. The van der Waals surface area contributed by atoms with Crippen LogP contribution in [-0.2, 0) is 22.4 Å². The molecule has 0 spiro atoms. The topological polar surface area (TPSA) is 46.5 Å². The Morgan fingerprint density at radius 3 is 2.30 bits per heavy atom. The molecule has 0 aromatic heterocycles. The first kappa shape index (κ1) is 20.2. The molecule has 3 rings (SSSR count). The van der Waals surface area contributed by atoms with E-state index in [1.807, 2.05) is 6.07 Å².